The Bertz CT molecular complexity index is 698. The lowest BCUT2D eigenvalue weighted by Crippen LogP contribution is -3.02. The molecule has 0 bridgehead atoms. The molecule has 1 spiro atoms. The molecule has 1 aromatic carbocycles. The summed E-state index contributed by atoms with van der Waals surface area (Å²) in [7, 11) is 1.49. The Morgan fingerprint density at radius 1 is 1.33 bits per heavy atom. The summed E-state index contributed by atoms with van der Waals surface area (Å²) in [6.45, 7) is 0. The molecule has 1 fully saturated rings. The fraction of sp³-hybridized carbons (Fsp3) is 0.471. The maximum Gasteiger partial charge on any atom is 0.364 e. The first kappa shape index (κ1) is 12.9. The third kappa shape index (κ3) is 1.82. The second kappa shape index (κ2) is 4.60. The van der Waals surface area contributed by atoms with E-state index < -0.39 is 0 Å². The van der Waals surface area contributed by atoms with Crippen molar-refractivity contribution in [2.24, 2.45) is 0 Å². The second-order valence-electron chi connectivity index (χ2n) is 6.39. The van der Waals surface area contributed by atoms with E-state index in [4.69, 9.17) is 4.74 Å². The molecule has 110 valence electrons. The van der Waals surface area contributed by atoms with Gasteiger partial charge >= 0.3 is 5.97 Å². The third-order valence-electron chi connectivity index (χ3n) is 5.26. The number of aromatic amines is 1. The summed E-state index contributed by atoms with van der Waals surface area (Å²) in [5.41, 5.74) is 3.91. The zero-order valence-corrected chi connectivity index (χ0v) is 12.3. The fourth-order valence-electron chi connectivity index (χ4n) is 4.31. The van der Waals surface area contributed by atoms with Gasteiger partial charge in [0.1, 0.15) is 5.54 Å². The summed E-state index contributed by atoms with van der Waals surface area (Å²) >= 11 is 0. The van der Waals surface area contributed by atoms with Crippen LogP contribution in [0.5, 0.6) is 0 Å². The van der Waals surface area contributed by atoms with Gasteiger partial charge in [-0.25, -0.2) is 4.79 Å². The molecule has 0 saturated heterocycles. The summed E-state index contributed by atoms with van der Waals surface area (Å²) in [5.74, 6) is -0.0998. The number of H-pyrrole nitrogens is 1. The molecule has 1 aliphatic heterocycles. The van der Waals surface area contributed by atoms with Crippen LogP contribution in [0.2, 0.25) is 0 Å². The molecule has 21 heavy (non-hydrogen) atoms. The third-order valence-corrected chi connectivity index (χ3v) is 5.26. The van der Waals surface area contributed by atoms with Gasteiger partial charge in [-0.2, -0.15) is 0 Å². The predicted octanol–water partition coefficient (Wildman–Crippen LogP) is 1.60. The second-order valence-corrected chi connectivity index (χ2v) is 6.39. The molecule has 4 nitrogen and oxygen atoms in total. The van der Waals surface area contributed by atoms with E-state index in [-0.39, 0.29) is 17.6 Å². The SMILES string of the molecule is COC(=O)C1Cc2c([nH]c3ccccc23)C2(CCCC2)[NH2+]1. The minimum Gasteiger partial charge on any atom is -0.465 e. The highest BCUT2D eigenvalue weighted by Gasteiger charge is 2.49. The molecule has 0 radical (unpaired) electrons. The van der Waals surface area contributed by atoms with E-state index in [1.54, 1.807) is 0 Å². The molecule has 2 aromatic rings. The summed E-state index contributed by atoms with van der Waals surface area (Å²) in [4.78, 5) is 15.8. The molecular formula is C17H21N2O2+. The Labute approximate surface area is 123 Å². The van der Waals surface area contributed by atoms with Crippen LogP contribution in [0.4, 0.5) is 0 Å². The minimum absolute atomic E-state index is 0.0471. The van der Waals surface area contributed by atoms with Crippen molar-refractivity contribution >= 4 is 16.9 Å². The van der Waals surface area contributed by atoms with Crippen LogP contribution in [-0.4, -0.2) is 24.1 Å². The van der Waals surface area contributed by atoms with Gasteiger partial charge in [0.15, 0.2) is 6.04 Å². The average Bonchev–Trinajstić information content (AvgIpc) is 3.12. The molecule has 4 heteroatoms. The highest BCUT2D eigenvalue weighted by molar-refractivity contribution is 5.86. The number of nitrogens with one attached hydrogen (secondary N) is 1. The van der Waals surface area contributed by atoms with Gasteiger partial charge in [0.05, 0.1) is 12.8 Å². The number of esters is 1. The molecule has 1 saturated carbocycles. The Morgan fingerprint density at radius 2 is 2.10 bits per heavy atom. The van der Waals surface area contributed by atoms with Crippen molar-refractivity contribution in [1.82, 2.24) is 4.98 Å². The molecule has 0 amide bonds. The summed E-state index contributed by atoms with van der Waals surface area (Å²) in [6.07, 6.45) is 5.51. The van der Waals surface area contributed by atoms with Crippen LogP contribution in [-0.2, 0) is 21.5 Å². The number of quaternary nitrogens is 1. The summed E-state index contributed by atoms with van der Waals surface area (Å²) < 4.78 is 5.02. The quantitative estimate of drug-likeness (QED) is 0.782. The van der Waals surface area contributed by atoms with Crippen molar-refractivity contribution in [2.45, 2.75) is 43.7 Å². The number of nitrogens with two attached hydrogens (primary N) is 1. The number of hydrogen-bond donors (Lipinski definition) is 2. The number of carbonyl (C=O) groups is 1. The average molecular weight is 285 g/mol. The van der Waals surface area contributed by atoms with Crippen LogP contribution in [0.3, 0.4) is 0 Å². The predicted molar refractivity (Wildman–Crippen MR) is 79.9 cm³/mol. The van der Waals surface area contributed by atoms with Crippen LogP contribution in [0.15, 0.2) is 24.3 Å². The number of carbonyl (C=O) groups excluding carboxylic acids is 1. The van der Waals surface area contributed by atoms with Crippen molar-refractivity contribution in [2.75, 3.05) is 7.11 Å². The molecule has 1 atom stereocenters. The van der Waals surface area contributed by atoms with Crippen molar-refractivity contribution in [3.8, 4) is 0 Å². The first-order chi connectivity index (χ1) is 10.2. The lowest BCUT2D eigenvalue weighted by Gasteiger charge is -2.35. The number of hydrogen-bond acceptors (Lipinski definition) is 2. The number of methoxy groups -OCH3 is 1. The van der Waals surface area contributed by atoms with Gasteiger partial charge in [-0.1, -0.05) is 18.2 Å². The van der Waals surface area contributed by atoms with E-state index in [9.17, 15) is 4.79 Å². The molecule has 1 aliphatic carbocycles. The van der Waals surface area contributed by atoms with Gasteiger partial charge in [-0.15, -0.1) is 0 Å². The van der Waals surface area contributed by atoms with Crippen molar-refractivity contribution < 1.29 is 14.8 Å². The topological polar surface area (TPSA) is 58.7 Å². The monoisotopic (exact) mass is 285 g/mol. The number of para-hydroxylation sites is 1. The van der Waals surface area contributed by atoms with E-state index in [1.165, 1.54) is 42.1 Å². The maximum atomic E-state index is 12.1. The first-order valence-corrected chi connectivity index (χ1v) is 7.77. The highest BCUT2D eigenvalue weighted by atomic mass is 16.5. The normalized spacial score (nSPS) is 23.4. The smallest absolute Gasteiger partial charge is 0.364 e. The van der Waals surface area contributed by atoms with Crippen molar-refractivity contribution in [3.63, 3.8) is 0 Å². The number of ether oxygens (including phenoxy) is 1. The first-order valence-electron chi connectivity index (χ1n) is 7.77. The van der Waals surface area contributed by atoms with E-state index in [2.05, 4.69) is 34.6 Å². The Balaban J connectivity index is 1.89. The van der Waals surface area contributed by atoms with Crippen molar-refractivity contribution in [1.29, 1.82) is 0 Å². The van der Waals surface area contributed by atoms with Crippen LogP contribution >= 0.6 is 0 Å². The Kier molecular flexibility index (Phi) is 2.82. The number of aromatic nitrogens is 1. The van der Waals surface area contributed by atoms with Crippen LogP contribution < -0.4 is 5.32 Å². The summed E-state index contributed by atoms with van der Waals surface area (Å²) in [5, 5.41) is 3.53. The van der Waals surface area contributed by atoms with Gasteiger partial charge in [-0.3, -0.25) is 0 Å². The standard InChI is InChI=1S/C17H20N2O2/c1-21-16(20)14-10-12-11-6-2-3-7-13(11)18-15(12)17(19-14)8-4-5-9-17/h2-3,6-7,14,18-19H,4-5,8-10H2,1H3/p+1. The zero-order chi connectivity index (χ0) is 14.4. The lowest BCUT2D eigenvalue weighted by atomic mass is 9.82. The maximum absolute atomic E-state index is 12.1. The number of fused-ring (bicyclic) bond motifs is 4. The van der Waals surface area contributed by atoms with E-state index in [0.29, 0.717) is 0 Å². The molecular weight excluding hydrogens is 264 g/mol. The van der Waals surface area contributed by atoms with Crippen LogP contribution in [0, 0.1) is 0 Å². The van der Waals surface area contributed by atoms with Crippen LogP contribution in [0.25, 0.3) is 10.9 Å². The fourth-order valence-corrected chi connectivity index (χ4v) is 4.31. The Morgan fingerprint density at radius 3 is 2.86 bits per heavy atom. The number of rotatable bonds is 1. The highest BCUT2D eigenvalue weighted by Crippen LogP contribution is 2.41. The Hall–Kier alpha value is -1.81. The molecule has 1 aromatic heterocycles. The van der Waals surface area contributed by atoms with E-state index in [1.807, 2.05) is 0 Å². The summed E-state index contributed by atoms with van der Waals surface area (Å²) in [6, 6.07) is 8.31. The molecule has 3 N–H and O–H groups in total. The molecule has 1 unspecified atom stereocenters. The van der Waals surface area contributed by atoms with Crippen LogP contribution in [0.1, 0.15) is 36.9 Å². The van der Waals surface area contributed by atoms with Gasteiger partial charge in [0, 0.05) is 30.2 Å². The number of benzene rings is 1. The zero-order valence-electron chi connectivity index (χ0n) is 12.3. The largest absolute Gasteiger partial charge is 0.465 e. The van der Waals surface area contributed by atoms with E-state index >= 15 is 0 Å². The van der Waals surface area contributed by atoms with Gasteiger partial charge < -0.3 is 15.0 Å². The molecule has 4 rings (SSSR count). The van der Waals surface area contributed by atoms with E-state index in [0.717, 1.165) is 19.3 Å². The molecule has 2 heterocycles. The molecule has 2 aliphatic rings. The minimum atomic E-state index is -0.111. The lowest BCUT2D eigenvalue weighted by molar-refractivity contribution is -0.759. The van der Waals surface area contributed by atoms with Gasteiger partial charge in [0.2, 0.25) is 0 Å². The van der Waals surface area contributed by atoms with Gasteiger partial charge in [-0.05, 0) is 24.5 Å². The van der Waals surface area contributed by atoms with Crippen molar-refractivity contribution in [3.05, 3.63) is 35.5 Å². The van der Waals surface area contributed by atoms with Gasteiger partial charge in [0.25, 0.3) is 0 Å².